The monoisotopic (exact) mass is 205 g/mol. The Morgan fingerprint density at radius 2 is 2.20 bits per heavy atom. The van der Waals surface area contributed by atoms with Gasteiger partial charge in [-0.05, 0) is 30.7 Å². The third kappa shape index (κ3) is 1.88. The van der Waals surface area contributed by atoms with Crippen LogP contribution in [0.25, 0.3) is 0 Å². The molecule has 2 rings (SSSR count). The zero-order chi connectivity index (χ0) is 10.8. The molecule has 15 heavy (non-hydrogen) atoms. The van der Waals surface area contributed by atoms with Crippen LogP contribution >= 0.6 is 0 Å². The van der Waals surface area contributed by atoms with Crippen LogP contribution in [-0.2, 0) is 0 Å². The average molecular weight is 205 g/mol. The van der Waals surface area contributed by atoms with Crippen molar-refractivity contribution >= 4 is 5.78 Å². The van der Waals surface area contributed by atoms with Gasteiger partial charge >= 0.3 is 0 Å². The molecule has 3 nitrogen and oxygen atoms in total. The molecular weight excluding hydrogens is 190 g/mol. The summed E-state index contributed by atoms with van der Waals surface area (Å²) in [6.45, 7) is 3.57. The summed E-state index contributed by atoms with van der Waals surface area (Å²) in [4.78, 5) is 12.0. The molecule has 1 aromatic rings. The molecular formula is C12H15NO2. The maximum Gasteiger partial charge on any atom is 0.168 e. The Hall–Kier alpha value is -1.35. The molecule has 1 heterocycles. The van der Waals surface area contributed by atoms with Crippen molar-refractivity contribution in [3.8, 4) is 5.75 Å². The van der Waals surface area contributed by atoms with E-state index in [-0.39, 0.29) is 11.7 Å². The predicted octanol–water partition coefficient (Wildman–Crippen LogP) is 1.41. The minimum Gasteiger partial charge on any atom is -0.497 e. The van der Waals surface area contributed by atoms with Crippen LogP contribution < -0.4 is 10.1 Å². The molecule has 3 heteroatoms. The molecule has 0 aromatic heterocycles. The number of hydrogen-bond acceptors (Lipinski definition) is 3. The Balaban J connectivity index is 2.24. The zero-order valence-electron chi connectivity index (χ0n) is 9.04. The minimum atomic E-state index is 0.164. The summed E-state index contributed by atoms with van der Waals surface area (Å²) in [5, 5.41) is 3.11. The van der Waals surface area contributed by atoms with Crippen molar-refractivity contribution < 1.29 is 9.53 Å². The number of benzene rings is 1. The van der Waals surface area contributed by atoms with Crippen molar-refractivity contribution in [3.05, 3.63) is 29.3 Å². The molecule has 0 atom stereocenters. The van der Waals surface area contributed by atoms with E-state index in [1.807, 2.05) is 25.1 Å². The highest BCUT2D eigenvalue weighted by Crippen LogP contribution is 2.20. The molecule has 1 N–H and O–H groups in total. The molecule has 0 unspecified atom stereocenters. The first-order valence-corrected chi connectivity index (χ1v) is 5.12. The Morgan fingerprint density at radius 1 is 1.47 bits per heavy atom. The lowest BCUT2D eigenvalue weighted by molar-refractivity contribution is 0.0877. The van der Waals surface area contributed by atoms with Crippen LogP contribution in [-0.4, -0.2) is 26.0 Å². The number of carbonyl (C=O) groups is 1. The summed E-state index contributed by atoms with van der Waals surface area (Å²) >= 11 is 0. The van der Waals surface area contributed by atoms with Gasteiger partial charge in [0.05, 0.1) is 7.11 Å². The van der Waals surface area contributed by atoms with Gasteiger partial charge in [0.25, 0.3) is 0 Å². The first-order chi connectivity index (χ1) is 7.22. The normalized spacial score (nSPS) is 15.9. The number of methoxy groups -OCH3 is 1. The smallest absolute Gasteiger partial charge is 0.168 e. The lowest BCUT2D eigenvalue weighted by Crippen LogP contribution is -2.46. The maximum absolute atomic E-state index is 12.0. The Bertz CT molecular complexity index is 383. The van der Waals surface area contributed by atoms with Crippen LogP contribution in [0.3, 0.4) is 0 Å². The SMILES string of the molecule is COc1ccc(C(=O)C2CNC2)c(C)c1. The highest BCUT2D eigenvalue weighted by molar-refractivity contribution is 6.00. The van der Waals surface area contributed by atoms with Gasteiger partial charge < -0.3 is 10.1 Å². The van der Waals surface area contributed by atoms with E-state index in [0.717, 1.165) is 30.0 Å². The molecule has 0 saturated carbocycles. The van der Waals surface area contributed by atoms with E-state index in [9.17, 15) is 4.79 Å². The number of ketones is 1. The summed E-state index contributed by atoms with van der Waals surface area (Å²) in [7, 11) is 1.63. The first-order valence-electron chi connectivity index (χ1n) is 5.12. The Morgan fingerprint density at radius 3 is 2.67 bits per heavy atom. The summed E-state index contributed by atoms with van der Waals surface area (Å²) in [6, 6.07) is 5.60. The van der Waals surface area contributed by atoms with Crippen LogP contribution in [0.1, 0.15) is 15.9 Å². The van der Waals surface area contributed by atoms with E-state index < -0.39 is 0 Å². The van der Waals surface area contributed by atoms with E-state index in [4.69, 9.17) is 4.74 Å². The largest absolute Gasteiger partial charge is 0.497 e. The fourth-order valence-electron chi connectivity index (χ4n) is 1.73. The summed E-state index contributed by atoms with van der Waals surface area (Å²) in [5.41, 5.74) is 1.81. The van der Waals surface area contributed by atoms with Crippen LogP contribution in [0, 0.1) is 12.8 Å². The number of rotatable bonds is 3. The van der Waals surface area contributed by atoms with Crippen LogP contribution in [0.5, 0.6) is 5.75 Å². The molecule has 0 amide bonds. The van der Waals surface area contributed by atoms with E-state index in [0.29, 0.717) is 0 Å². The van der Waals surface area contributed by atoms with Gasteiger partial charge in [-0.3, -0.25) is 4.79 Å². The molecule has 1 fully saturated rings. The lowest BCUT2D eigenvalue weighted by Gasteiger charge is -2.26. The van der Waals surface area contributed by atoms with Gasteiger partial charge in [0, 0.05) is 24.6 Å². The van der Waals surface area contributed by atoms with Gasteiger partial charge in [0.2, 0.25) is 0 Å². The predicted molar refractivity (Wildman–Crippen MR) is 58.4 cm³/mol. The first kappa shape index (κ1) is 10.2. The van der Waals surface area contributed by atoms with Gasteiger partial charge in [0.15, 0.2) is 5.78 Å². The van der Waals surface area contributed by atoms with Crippen molar-refractivity contribution in [1.82, 2.24) is 5.32 Å². The van der Waals surface area contributed by atoms with Gasteiger partial charge in [-0.15, -0.1) is 0 Å². The molecule has 1 aromatic carbocycles. The number of aryl methyl sites for hydroxylation is 1. The molecule has 0 spiro atoms. The number of hydrogen-bond donors (Lipinski definition) is 1. The van der Waals surface area contributed by atoms with Gasteiger partial charge in [-0.1, -0.05) is 0 Å². The summed E-state index contributed by atoms with van der Waals surface area (Å²) in [5.74, 6) is 1.21. The molecule has 1 saturated heterocycles. The molecule has 80 valence electrons. The highest BCUT2D eigenvalue weighted by atomic mass is 16.5. The fourth-order valence-corrected chi connectivity index (χ4v) is 1.73. The van der Waals surface area contributed by atoms with Crippen molar-refractivity contribution in [2.45, 2.75) is 6.92 Å². The maximum atomic E-state index is 12.0. The fraction of sp³-hybridized carbons (Fsp3) is 0.417. The Labute approximate surface area is 89.4 Å². The van der Waals surface area contributed by atoms with Crippen LogP contribution in [0.4, 0.5) is 0 Å². The number of nitrogens with one attached hydrogen (secondary N) is 1. The van der Waals surface area contributed by atoms with Crippen molar-refractivity contribution in [2.75, 3.05) is 20.2 Å². The van der Waals surface area contributed by atoms with Gasteiger partial charge in [-0.25, -0.2) is 0 Å². The number of carbonyl (C=O) groups excluding carboxylic acids is 1. The van der Waals surface area contributed by atoms with Crippen LogP contribution in [0.2, 0.25) is 0 Å². The quantitative estimate of drug-likeness (QED) is 0.758. The standard InChI is InChI=1S/C12H15NO2/c1-8-5-10(15-2)3-4-11(8)12(14)9-6-13-7-9/h3-5,9,13H,6-7H2,1-2H3. The van der Waals surface area contributed by atoms with Crippen LogP contribution in [0.15, 0.2) is 18.2 Å². The zero-order valence-corrected chi connectivity index (χ0v) is 9.04. The molecule has 0 bridgehead atoms. The van der Waals surface area contributed by atoms with Gasteiger partial charge in [0.1, 0.15) is 5.75 Å². The van der Waals surface area contributed by atoms with Gasteiger partial charge in [-0.2, -0.15) is 0 Å². The van der Waals surface area contributed by atoms with E-state index >= 15 is 0 Å². The highest BCUT2D eigenvalue weighted by Gasteiger charge is 2.26. The lowest BCUT2D eigenvalue weighted by atomic mass is 9.90. The summed E-state index contributed by atoms with van der Waals surface area (Å²) in [6.07, 6.45) is 0. The van der Waals surface area contributed by atoms with E-state index in [1.54, 1.807) is 7.11 Å². The van der Waals surface area contributed by atoms with E-state index in [1.165, 1.54) is 0 Å². The number of Topliss-reactive ketones (excluding diaryl/α,β-unsaturated/α-hetero) is 1. The van der Waals surface area contributed by atoms with Crippen molar-refractivity contribution in [1.29, 1.82) is 0 Å². The second-order valence-electron chi connectivity index (χ2n) is 3.90. The third-order valence-corrected chi connectivity index (χ3v) is 2.85. The minimum absolute atomic E-state index is 0.164. The third-order valence-electron chi connectivity index (χ3n) is 2.85. The Kier molecular flexibility index (Phi) is 2.73. The molecule has 1 aliphatic heterocycles. The second-order valence-corrected chi connectivity index (χ2v) is 3.90. The van der Waals surface area contributed by atoms with E-state index in [2.05, 4.69) is 5.32 Å². The number of ether oxygens (including phenoxy) is 1. The second kappa shape index (κ2) is 4.03. The van der Waals surface area contributed by atoms with Crippen molar-refractivity contribution in [3.63, 3.8) is 0 Å². The molecule has 0 radical (unpaired) electrons. The molecule has 0 aliphatic carbocycles. The molecule has 1 aliphatic rings. The topological polar surface area (TPSA) is 38.3 Å². The van der Waals surface area contributed by atoms with Crippen molar-refractivity contribution in [2.24, 2.45) is 5.92 Å². The summed E-state index contributed by atoms with van der Waals surface area (Å²) < 4.78 is 5.11. The average Bonchev–Trinajstić information content (AvgIpc) is 2.14.